The molecule has 0 saturated heterocycles. The Morgan fingerprint density at radius 3 is 1.97 bits per heavy atom. The van der Waals surface area contributed by atoms with E-state index in [-0.39, 0.29) is 0 Å². The highest BCUT2D eigenvalue weighted by atomic mass is 35.5. The fourth-order valence-electron chi connectivity index (χ4n) is 4.66. The van der Waals surface area contributed by atoms with Crippen molar-refractivity contribution in [2.24, 2.45) is 11.8 Å². The molecule has 0 bridgehead atoms. The second-order valence-corrected chi connectivity index (χ2v) is 9.86. The summed E-state index contributed by atoms with van der Waals surface area (Å²) in [6.45, 7) is 15.2. The monoisotopic (exact) mass is 486 g/mol. The Kier molecular flexibility index (Phi) is 21.4. The lowest BCUT2D eigenvalue weighted by molar-refractivity contribution is 0.307. The lowest BCUT2D eigenvalue weighted by atomic mass is 9.85. The summed E-state index contributed by atoms with van der Waals surface area (Å²) in [6, 6.07) is 16.5. The first-order chi connectivity index (χ1) is 16.5. The summed E-state index contributed by atoms with van der Waals surface area (Å²) in [4.78, 5) is 0. The van der Waals surface area contributed by atoms with Gasteiger partial charge in [0.2, 0.25) is 0 Å². The van der Waals surface area contributed by atoms with Crippen molar-refractivity contribution >= 4 is 11.6 Å². The van der Waals surface area contributed by atoms with Gasteiger partial charge in [-0.3, -0.25) is 0 Å². The van der Waals surface area contributed by atoms with E-state index in [1.54, 1.807) is 0 Å². The van der Waals surface area contributed by atoms with Gasteiger partial charge >= 0.3 is 0 Å². The van der Waals surface area contributed by atoms with Crippen LogP contribution in [0.25, 0.3) is 0 Å². The zero-order chi connectivity index (χ0) is 25.6. The van der Waals surface area contributed by atoms with Gasteiger partial charge in [-0.2, -0.15) is 0 Å². The zero-order valence-corrected chi connectivity index (χ0v) is 24.4. The molecule has 34 heavy (non-hydrogen) atoms. The summed E-state index contributed by atoms with van der Waals surface area (Å²) in [6.07, 6.45) is 17.0. The van der Waals surface area contributed by atoms with Crippen molar-refractivity contribution in [3.8, 4) is 0 Å². The van der Waals surface area contributed by atoms with Gasteiger partial charge in [0, 0.05) is 5.02 Å². The predicted octanol–water partition coefficient (Wildman–Crippen LogP) is 11.7. The van der Waals surface area contributed by atoms with E-state index in [0.717, 1.165) is 29.7 Å². The van der Waals surface area contributed by atoms with Gasteiger partial charge in [-0.15, -0.1) is 0 Å². The van der Waals surface area contributed by atoms with Gasteiger partial charge < -0.3 is 0 Å². The van der Waals surface area contributed by atoms with Gasteiger partial charge in [0.1, 0.15) is 0 Å². The van der Waals surface area contributed by atoms with Crippen LogP contribution in [0.5, 0.6) is 0 Å². The van der Waals surface area contributed by atoms with Crippen molar-refractivity contribution in [1.29, 1.82) is 0 Å². The third-order valence-corrected chi connectivity index (χ3v) is 7.28. The average molecular weight is 487 g/mol. The summed E-state index contributed by atoms with van der Waals surface area (Å²) >= 11 is 5.93. The van der Waals surface area contributed by atoms with Gasteiger partial charge in [0.25, 0.3) is 0 Å². The van der Waals surface area contributed by atoms with Crippen molar-refractivity contribution in [1.82, 2.24) is 0 Å². The Bertz CT molecular complexity index is 671. The highest BCUT2D eigenvalue weighted by Crippen LogP contribution is 2.32. The molecule has 1 aliphatic carbocycles. The quantitative estimate of drug-likeness (QED) is 0.269. The van der Waals surface area contributed by atoms with Crippen molar-refractivity contribution in [3.63, 3.8) is 0 Å². The highest BCUT2D eigenvalue weighted by molar-refractivity contribution is 6.31. The van der Waals surface area contributed by atoms with Crippen LogP contribution >= 0.6 is 11.6 Å². The molecule has 0 aromatic heterocycles. The van der Waals surface area contributed by atoms with Gasteiger partial charge in [-0.25, -0.2) is 0 Å². The first-order valence-corrected chi connectivity index (χ1v) is 14.7. The molecule has 0 nitrogen and oxygen atoms in total. The Hall–Kier alpha value is -1.27. The molecule has 2 unspecified atom stereocenters. The standard InChI is InChI=1S/C14H28.C9H11Cl.C8H10.C2H6/c1-3-4-5-8-11-14-12-9-6-7-10-13(14)2;1-3-8-7(2)5-4-6-9(8)10;1-2-8-6-4-3-5-7-8;1-2/h13-14H,3-12H2,1-2H3;4-6H,3H2,1-2H3;3-7H,2H2,1H3;1-2H3. The van der Waals surface area contributed by atoms with E-state index in [0.29, 0.717) is 0 Å². The molecule has 2 aromatic rings. The Morgan fingerprint density at radius 2 is 1.44 bits per heavy atom. The Balaban J connectivity index is 0.000000480. The SMILES string of the molecule is CC.CCCCCCC1CCCCCC1C.CCc1c(C)cccc1Cl.CCc1ccccc1. The number of unbranched alkanes of at least 4 members (excludes halogenated alkanes) is 3. The Labute approximate surface area is 218 Å². The third kappa shape index (κ3) is 14.9. The van der Waals surface area contributed by atoms with Crippen LogP contribution < -0.4 is 0 Å². The van der Waals surface area contributed by atoms with Crippen molar-refractivity contribution in [2.75, 3.05) is 0 Å². The first kappa shape index (κ1) is 32.7. The summed E-state index contributed by atoms with van der Waals surface area (Å²) in [5, 5.41) is 0.891. The van der Waals surface area contributed by atoms with Crippen LogP contribution in [0.4, 0.5) is 0 Å². The van der Waals surface area contributed by atoms with Crippen LogP contribution in [-0.4, -0.2) is 0 Å². The van der Waals surface area contributed by atoms with E-state index < -0.39 is 0 Å². The van der Waals surface area contributed by atoms with Crippen molar-refractivity contribution < 1.29 is 0 Å². The molecule has 1 aliphatic rings. The van der Waals surface area contributed by atoms with Crippen LogP contribution in [0, 0.1) is 18.8 Å². The fraction of sp³-hybridized carbons (Fsp3) is 0.636. The van der Waals surface area contributed by atoms with E-state index in [9.17, 15) is 0 Å². The van der Waals surface area contributed by atoms with E-state index in [4.69, 9.17) is 11.6 Å². The molecule has 0 N–H and O–H groups in total. The van der Waals surface area contributed by atoms with Gasteiger partial charge in [0.15, 0.2) is 0 Å². The maximum atomic E-state index is 5.93. The summed E-state index contributed by atoms with van der Waals surface area (Å²) in [7, 11) is 0. The van der Waals surface area contributed by atoms with Gasteiger partial charge in [-0.05, 0) is 54.4 Å². The predicted molar refractivity (Wildman–Crippen MR) is 157 cm³/mol. The molecular weight excluding hydrogens is 432 g/mol. The molecule has 1 heteroatoms. The molecule has 2 aromatic carbocycles. The van der Waals surface area contributed by atoms with Crippen molar-refractivity contribution in [3.05, 3.63) is 70.2 Å². The average Bonchev–Trinajstić information content (AvgIpc) is 3.08. The number of rotatable bonds is 7. The molecule has 2 atom stereocenters. The maximum absolute atomic E-state index is 5.93. The summed E-state index contributed by atoms with van der Waals surface area (Å²) < 4.78 is 0. The molecule has 0 radical (unpaired) electrons. The minimum absolute atomic E-state index is 0.891. The first-order valence-electron chi connectivity index (χ1n) is 14.3. The molecule has 1 saturated carbocycles. The van der Waals surface area contributed by atoms with Crippen LogP contribution in [0.3, 0.4) is 0 Å². The number of hydrogen-bond donors (Lipinski definition) is 0. The topological polar surface area (TPSA) is 0 Å². The van der Waals surface area contributed by atoms with E-state index in [2.05, 4.69) is 65.0 Å². The maximum Gasteiger partial charge on any atom is 0.0440 e. The van der Waals surface area contributed by atoms with Crippen LogP contribution in [0.2, 0.25) is 5.02 Å². The molecular formula is C33H55Cl. The molecule has 0 amide bonds. The number of halogens is 1. The summed E-state index contributed by atoms with van der Waals surface area (Å²) in [5.41, 5.74) is 3.96. The minimum Gasteiger partial charge on any atom is -0.0840 e. The Morgan fingerprint density at radius 1 is 0.765 bits per heavy atom. The third-order valence-electron chi connectivity index (χ3n) is 6.93. The molecule has 0 spiro atoms. The zero-order valence-electron chi connectivity index (χ0n) is 23.6. The fourth-order valence-corrected chi connectivity index (χ4v) is 5.02. The lowest BCUT2D eigenvalue weighted by Crippen LogP contribution is -2.09. The highest BCUT2D eigenvalue weighted by Gasteiger charge is 2.18. The van der Waals surface area contributed by atoms with E-state index in [1.165, 1.54) is 80.9 Å². The van der Waals surface area contributed by atoms with Gasteiger partial charge in [0.05, 0.1) is 0 Å². The number of benzene rings is 2. The molecule has 0 heterocycles. The summed E-state index contributed by atoms with van der Waals surface area (Å²) in [5.74, 6) is 2.08. The number of aryl methyl sites for hydroxylation is 2. The van der Waals surface area contributed by atoms with E-state index >= 15 is 0 Å². The van der Waals surface area contributed by atoms with Crippen molar-refractivity contribution in [2.45, 2.75) is 126 Å². The lowest BCUT2D eigenvalue weighted by Gasteiger charge is -2.21. The smallest absolute Gasteiger partial charge is 0.0440 e. The number of hydrogen-bond acceptors (Lipinski definition) is 0. The minimum atomic E-state index is 0.891. The second kappa shape index (κ2) is 22.2. The van der Waals surface area contributed by atoms with Gasteiger partial charge in [-0.1, -0.05) is 160 Å². The van der Waals surface area contributed by atoms with Crippen LogP contribution in [-0.2, 0) is 12.8 Å². The molecule has 194 valence electrons. The van der Waals surface area contributed by atoms with Crippen LogP contribution in [0.1, 0.15) is 122 Å². The van der Waals surface area contributed by atoms with E-state index in [1.807, 2.05) is 32.0 Å². The molecule has 1 fully saturated rings. The molecule has 0 aliphatic heterocycles. The second-order valence-electron chi connectivity index (χ2n) is 9.45. The van der Waals surface area contributed by atoms with Crippen LogP contribution in [0.15, 0.2) is 48.5 Å². The normalized spacial score (nSPS) is 17.1. The molecule has 3 rings (SSSR count). The largest absolute Gasteiger partial charge is 0.0840 e.